The maximum Gasteiger partial charge on any atom is 3.00 e. The van der Waals surface area contributed by atoms with Crippen LogP contribution in [0.3, 0.4) is 0 Å². The van der Waals surface area contributed by atoms with E-state index in [0.29, 0.717) is 0 Å². The van der Waals surface area contributed by atoms with Gasteiger partial charge in [0.15, 0.2) is 0 Å². The van der Waals surface area contributed by atoms with E-state index >= 15 is 0 Å². The molecule has 0 aliphatic heterocycles. The van der Waals surface area contributed by atoms with Gasteiger partial charge in [-0.3, -0.25) is 6.08 Å². The third-order valence-electron chi connectivity index (χ3n) is 5.88. The van der Waals surface area contributed by atoms with Gasteiger partial charge in [-0.25, -0.2) is 11.3 Å². The van der Waals surface area contributed by atoms with Crippen LogP contribution in [0.4, 0.5) is 0 Å². The van der Waals surface area contributed by atoms with E-state index in [-0.39, 0.29) is 61.7 Å². The third-order valence-corrected chi connectivity index (χ3v) is 16.7. The molecular weight excluding hydrogens is 495 g/mol. The van der Waals surface area contributed by atoms with Gasteiger partial charge in [0, 0.05) is 4.37 Å². The minimum absolute atomic E-state index is 0. The molecule has 2 rings (SSSR count). The summed E-state index contributed by atoms with van der Waals surface area (Å²) in [5.41, 5.74) is 3.58. The van der Waals surface area contributed by atoms with E-state index in [0.717, 1.165) is 6.42 Å². The molecular formula is C24H41Cl2SSi2Ti. The Hall–Kier alpha value is 1.04. The largest absolute Gasteiger partial charge is 3.00 e. The summed E-state index contributed by atoms with van der Waals surface area (Å²) in [6.07, 6.45) is 15.8. The molecule has 2 aliphatic rings. The van der Waals surface area contributed by atoms with Crippen molar-refractivity contribution in [3.63, 3.8) is 0 Å². The Kier molecular flexibility index (Phi) is 12.2. The molecule has 0 nitrogen and oxygen atoms in total. The zero-order chi connectivity index (χ0) is 20.9. The van der Waals surface area contributed by atoms with Gasteiger partial charge in [0.1, 0.15) is 7.22 Å². The summed E-state index contributed by atoms with van der Waals surface area (Å²) in [5, 5.41) is 1.54. The van der Waals surface area contributed by atoms with E-state index in [1.165, 1.54) is 17.2 Å². The summed E-state index contributed by atoms with van der Waals surface area (Å²) in [6, 6.07) is 0. The van der Waals surface area contributed by atoms with Crippen molar-refractivity contribution in [3.05, 3.63) is 46.7 Å². The molecule has 1 radical (unpaired) electrons. The average molecular weight is 537 g/mol. The molecule has 1 atom stereocenters. The van der Waals surface area contributed by atoms with E-state index in [1.54, 1.807) is 5.57 Å². The van der Waals surface area contributed by atoms with Gasteiger partial charge in [0.05, 0.1) is 8.07 Å². The van der Waals surface area contributed by atoms with E-state index in [9.17, 15) is 0 Å². The number of hydrogen-bond acceptors (Lipinski definition) is 1. The number of rotatable bonds is 4. The van der Waals surface area contributed by atoms with Gasteiger partial charge in [0.25, 0.3) is 0 Å². The SMILES string of the molecule is CC(C)(C)C1=CCC(S[Si](C)(C)C)([Si](C)(C)C2=[C-]CC=C2)C(C(C)(C)C)=C1.[Cl-].[Cl-].[Ti+3]. The van der Waals surface area contributed by atoms with Crippen LogP contribution in [0.2, 0.25) is 32.7 Å². The standard InChI is InChI=1S/C24H41SSi2.2ClH.Ti/c1-22(2,3)19-16-17-24(25-26(7,8)9,21(18-19)23(4,5)6)27(10,11)20-14-12-13-15-20;;;/h12,14,16,18H,13,17H2,1-11H3;2*1H;/q-1;;;+3/p-2. The number of allylic oxidation sites excluding steroid dienone is 7. The second-order valence-electron chi connectivity index (χ2n) is 11.8. The summed E-state index contributed by atoms with van der Waals surface area (Å²) in [7, 11) is -3.14. The molecule has 0 spiro atoms. The third kappa shape index (κ3) is 7.02. The molecule has 30 heavy (non-hydrogen) atoms. The van der Waals surface area contributed by atoms with Crippen LogP contribution in [0.25, 0.3) is 0 Å². The summed E-state index contributed by atoms with van der Waals surface area (Å²) in [4.78, 5) is 0. The quantitative estimate of drug-likeness (QED) is 0.392. The minimum Gasteiger partial charge on any atom is -1.00 e. The van der Waals surface area contributed by atoms with Crippen molar-refractivity contribution in [3.8, 4) is 0 Å². The Morgan fingerprint density at radius 3 is 1.83 bits per heavy atom. The summed E-state index contributed by atoms with van der Waals surface area (Å²) >= 11 is 2.36. The van der Waals surface area contributed by atoms with Crippen molar-refractivity contribution < 1.29 is 46.5 Å². The van der Waals surface area contributed by atoms with Gasteiger partial charge < -0.3 is 24.8 Å². The molecule has 1 unspecified atom stereocenters. The molecule has 0 heterocycles. The second-order valence-corrected chi connectivity index (χ2v) is 26.2. The van der Waals surface area contributed by atoms with Crippen LogP contribution in [0, 0.1) is 16.9 Å². The van der Waals surface area contributed by atoms with Gasteiger partial charge in [0.2, 0.25) is 0 Å². The van der Waals surface area contributed by atoms with Crippen LogP contribution < -0.4 is 24.8 Å². The molecule has 0 aromatic carbocycles. The number of hydrogen-bond donors (Lipinski definition) is 0. The van der Waals surface area contributed by atoms with Gasteiger partial charge >= 0.3 is 21.7 Å². The fraction of sp³-hybridized carbons (Fsp3) is 0.667. The average Bonchev–Trinajstić information content (AvgIpc) is 2.97. The molecule has 0 aromatic rings. The molecule has 0 amide bonds. The Bertz CT molecular complexity index is 717. The van der Waals surface area contributed by atoms with Crippen LogP contribution in [-0.2, 0) is 21.7 Å². The Morgan fingerprint density at radius 1 is 0.933 bits per heavy atom. The van der Waals surface area contributed by atoms with E-state index in [4.69, 9.17) is 0 Å². The van der Waals surface area contributed by atoms with Crippen LogP contribution >= 0.6 is 11.2 Å². The topological polar surface area (TPSA) is 0 Å². The predicted octanol–water partition coefficient (Wildman–Crippen LogP) is 2.12. The second kappa shape index (κ2) is 11.0. The van der Waals surface area contributed by atoms with Crippen molar-refractivity contribution in [2.75, 3.05) is 0 Å². The monoisotopic (exact) mass is 535 g/mol. The van der Waals surface area contributed by atoms with Crippen molar-refractivity contribution in [1.82, 2.24) is 0 Å². The minimum atomic E-state index is -1.79. The zero-order valence-corrected chi connectivity index (χ0v) is 26.8. The molecule has 0 saturated carbocycles. The van der Waals surface area contributed by atoms with Gasteiger partial charge in [-0.2, -0.15) is 17.3 Å². The van der Waals surface area contributed by atoms with Gasteiger partial charge in [-0.05, 0) is 22.8 Å². The molecule has 0 bridgehead atoms. The van der Waals surface area contributed by atoms with Crippen LogP contribution in [-0.4, -0.2) is 19.7 Å². The molecule has 0 aromatic heterocycles. The molecule has 0 saturated heterocycles. The molecule has 6 heteroatoms. The zero-order valence-electron chi connectivity index (χ0n) is 20.9. The first-order valence-corrected chi connectivity index (χ1v) is 18.5. The van der Waals surface area contributed by atoms with Crippen LogP contribution in [0.1, 0.15) is 54.4 Å². The van der Waals surface area contributed by atoms with E-state index in [2.05, 4.69) is 116 Å². The number of halogens is 2. The maximum absolute atomic E-state index is 3.74. The summed E-state index contributed by atoms with van der Waals surface area (Å²) in [5.74, 6) is 0. The fourth-order valence-electron chi connectivity index (χ4n) is 4.43. The van der Waals surface area contributed by atoms with Crippen LogP contribution in [0.5, 0.6) is 0 Å². The van der Waals surface area contributed by atoms with Crippen molar-refractivity contribution >= 4 is 26.5 Å². The van der Waals surface area contributed by atoms with Crippen LogP contribution in [0.15, 0.2) is 40.6 Å². The predicted molar refractivity (Wildman–Crippen MR) is 131 cm³/mol. The Balaban J connectivity index is 0. The molecule has 169 valence electrons. The summed E-state index contributed by atoms with van der Waals surface area (Å²) < 4.78 is 0.224. The fourth-order valence-corrected chi connectivity index (χ4v) is 19.5. The van der Waals surface area contributed by atoms with Crippen molar-refractivity contribution in [2.45, 2.75) is 91.5 Å². The van der Waals surface area contributed by atoms with Gasteiger partial charge in [-0.15, -0.1) is 6.42 Å². The molecule has 0 fully saturated rings. The Morgan fingerprint density at radius 2 is 1.47 bits per heavy atom. The first-order valence-electron chi connectivity index (χ1n) is 10.4. The summed E-state index contributed by atoms with van der Waals surface area (Å²) in [6.45, 7) is 27.1. The first-order chi connectivity index (χ1) is 12.0. The van der Waals surface area contributed by atoms with Gasteiger partial charge in [-0.1, -0.05) is 92.0 Å². The van der Waals surface area contributed by atoms with Crippen molar-refractivity contribution in [1.29, 1.82) is 0 Å². The molecule has 0 N–H and O–H groups in total. The van der Waals surface area contributed by atoms with Crippen molar-refractivity contribution in [2.24, 2.45) is 10.8 Å². The normalized spacial score (nSPS) is 22.2. The van der Waals surface area contributed by atoms with E-state index in [1.807, 2.05) is 0 Å². The Labute approximate surface area is 220 Å². The maximum atomic E-state index is 3.74. The first kappa shape index (κ1) is 33.2. The molecule has 2 aliphatic carbocycles. The smallest absolute Gasteiger partial charge is 1.00 e. The van der Waals surface area contributed by atoms with E-state index < -0.39 is 15.3 Å².